The lowest BCUT2D eigenvalue weighted by Gasteiger charge is -2.30. The Morgan fingerprint density at radius 3 is 2.27 bits per heavy atom. The molecule has 256 valence electrons. The molecule has 1 aromatic heterocycles. The number of Topliss-reactive ketones (excluding diaryl/α,β-unsaturated/α-hetero) is 1. The molecule has 2 N–H and O–H groups in total. The van der Waals surface area contributed by atoms with Gasteiger partial charge >= 0.3 is 6.09 Å². The van der Waals surface area contributed by atoms with Gasteiger partial charge in [0.25, 0.3) is 0 Å². The zero-order valence-corrected chi connectivity index (χ0v) is 28.6. The molecule has 3 atom stereocenters. The molecular weight excluding hydrogens is 659 g/mol. The molecular formula is C38H41N3O6S2. The van der Waals surface area contributed by atoms with Gasteiger partial charge in [0.1, 0.15) is 6.04 Å². The second kappa shape index (κ2) is 16.8. The SMILES string of the molecule is [2H]C(CN([C@H](CO)CCc1ccccc1CC(=O)[C@@H](NC(=O)OC)C(c1ccccc1)c1ccccc1)S(=O)(=O)c1ccc2ncsc2c1)C([2H])([2H])[2H]. The quantitative estimate of drug-likeness (QED) is 0.123. The van der Waals surface area contributed by atoms with Crippen LogP contribution in [0.3, 0.4) is 0 Å². The van der Waals surface area contributed by atoms with Crippen LogP contribution in [-0.4, -0.2) is 67.0 Å². The van der Waals surface area contributed by atoms with E-state index in [2.05, 4.69) is 10.3 Å². The first-order valence-corrected chi connectivity index (χ1v) is 18.1. The summed E-state index contributed by atoms with van der Waals surface area (Å²) in [6.07, 6.45) is -2.36. The van der Waals surface area contributed by atoms with Crippen molar-refractivity contribution >= 4 is 43.5 Å². The van der Waals surface area contributed by atoms with E-state index in [9.17, 15) is 23.1 Å². The topological polar surface area (TPSA) is 126 Å². The minimum absolute atomic E-state index is 0.0535. The Bertz CT molecular complexity index is 2060. The highest BCUT2D eigenvalue weighted by Gasteiger charge is 2.34. The van der Waals surface area contributed by atoms with Crippen LogP contribution in [0, 0.1) is 0 Å². The number of aliphatic hydroxyl groups excluding tert-OH is 1. The second-order valence-electron chi connectivity index (χ2n) is 11.5. The minimum Gasteiger partial charge on any atom is -0.453 e. The number of methoxy groups -OCH3 is 1. The van der Waals surface area contributed by atoms with Crippen molar-refractivity contribution in [3.8, 4) is 0 Å². The average molecular weight is 704 g/mol. The lowest BCUT2D eigenvalue weighted by Crippen LogP contribution is -2.46. The molecule has 1 heterocycles. The fourth-order valence-electron chi connectivity index (χ4n) is 6.02. The van der Waals surface area contributed by atoms with Gasteiger partial charge < -0.3 is 15.2 Å². The summed E-state index contributed by atoms with van der Waals surface area (Å²) in [4.78, 5) is 31.0. The van der Waals surface area contributed by atoms with Crippen LogP contribution in [0.2, 0.25) is 0 Å². The van der Waals surface area contributed by atoms with Crippen LogP contribution >= 0.6 is 11.3 Å². The number of aryl methyl sites for hydroxylation is 1. The van der Waals surface area contributed by atoms with Crippen molar-refractivity contribution in [2.45, 2.75) is 55.4 Å². The molecule has 0 radical (unpaired) electrons. The number of hydrogen-bond donors (Lipinski definition) is 2. The molecule has 0 bridgehead atoms. The molecule has 9 nitrogen and oxygen atoms in total. The fraction of sp³-hybridized carbons (Fsp3) is 0.289. The van der Waals surface area contributed by atoms with E-state index in [1.54, 1.807) is 35.8 Å². The number of aromatic nitrogens is 1. The Morgan fingerprint density at radius 2 is 1.63 bits per heavy atom. The predicted octanol–water partition coefficient (Wildman–Crippen LogP) is 6.36. The van der Waals surface area contributed by atoms with Crippen LogP contribution in [0.5, 0.6) is 0 Å². The van der Waals surface area contributed by atoms with Gasteiger partial charge in [0.05, 0.1) is 34.3 Å². The third-order valence-corrected chi connectivity index (χ3v) is 11.2. The molecule has 0 spiro atoms. The summed E-state index contributed by atoms with van der Waals surface area (Å²) in [7, 11) is -3.15. The van der Waals surface area contributed by atoms with E-state index in [0.717, 1.165) is 15.4 Å². The number of fused-ring (bicyclic) bond motifs is 1. The molecule has 0 aliphatic rings. The predicted molar refractivity (Wildman–Crippen MR) is 192 cm³/mol. The molecule has 1 amide bonds. The van der Waals surface area contributed by atoms with E-state index in [0.29, 0.717) is 21.3 Å². The maximum Gasteiger partial charge on any atom is 0.407 e. The molecule has 0 saturated carbocycles. The number of hydrogen-bond acceptors (Lipinski definition) is 8. The van der Waals surface area contributed by atoms with Gasteiger partial charge in [-0.2, -0.15) is 4.31 Å². The van der Waals surface area contributed by atoms with E-state index in [1.165, 1.54) is 30.6 Å². The lowest BCUT2D eigenvalue weighted by molar-refractivity contribution is -0.120. The summed E-state index contributed by atoms with van der Waals surface area (Å²) < 4.78 is 66.3. The number of rotatable bonds is 16. The van der Waals surface area contributed by atoms with Crippen molar-refractivity contribution in [3.05, 3.63) is 131 Å². The molecule has 0 aliphatic heterocycles. The Labute approximate surface area is 297 Å². The Kier molecular flexibility index (Phi) is 10.5. The van der Waals surface area contributed by atoms with Crippen LogP contribution in [0.15, 0.2) is 114 Å². The standard InChI is InChI=1S/C38H41N3O6S2/c1-3-22-41(49(45,46)32-20-21-33-35(24-32)48-26-39-33)31(25-42)19-18-27-12-10-11-17-30(27)23-34(43)37(40-38(44)47-2)36(28-13-6-4-7-14-28)29-15-8-5-9-16-29/h4-17,20-21,24,26,31,36-37,42H,3,18-19,22-23,25H2,1-2H3,(H,40,44)/t31-,37+/m0/s1/i1D3,3D/t3?,31-,37+. The lowest BCUT2D eigenvalue weighted by atomic mass is 9.81. The minimum atomic E-state index is -4.38. The monoisotopic (exact) mass is 703 g/mol. The first-order valence-electron chi connectivity index (χ1n) is 17.8. The van der Waals surface area contributed by atoms with Crippen molar-refractivity contribution in [3.63, 3.8) is 0 Å². The number of sulfonamides is 1. The van der Waals surface area contributed by atoms with Gasteiger partial charge in [0, 0.05) is 30.4 Å². The van der Waals surface area contributed by atoms with Crippen LogP contribution < -0.4 is 5.32 Å². The summed E-state index contributed by atoms with van der Waals surface area (Å²) in [5, 5.41) is 13.4. The third-order valence-electron chi connectivity index (χ3n) is 8.48. The van der Waals surface area contributed by atoms with Gasteiger partial charge in [0.2, 0.25) is 10.0 Å². The average Bonchev–Trinajstić information content (AvgIpc) is 3.63. The molecule has 0 aliphatic carbocycles. The van der Waals surface area contributed by atoms with Crippen LogP contribution in [-0.2, 0) is 32.4 Å². The van der Waals surface area contributed by atoms with Gasteiger partial charge in [-0.15, -0.1) is 11.3 Å². The zero-order chi connectivity index (χ0) is 38.2. The molecule has 5 aromatic rings. The van der Waals surface area contributed by atoms with E-state index in [4.69, 9.17) is 10.2 Å². The molecule has 5 rings (SSSR count). The molecule has 11 heteroatoms. The van der Waals surface area contributed by atoms with Gasteiger partial charge in [-0.1, -0.05) is 91.8 Å². The number of carbonyl (C=O) groups excluding carboxylic acids is 2. The number of nitrogens with zero attached hydrogens (tertiary/aromatic N) is 2. The highest BCUT2D eigenvalue weighted by atomic mass is 32.2. The zero-order valence-electron chi connectivity index (χ0n) is 30.9. The van der Waals surface area contributed by atoms with Crippen molar-refractivity contribution in [2.75, 3.05) is 20.3 Å². The van der Waals surface area contributed by atoms with Crippen LogP contribution in [0.1, 0.15) is 53.3 Å². The Balaban J connectivity index is 1.44. The third kappa shape index (κ3) is 8.60. The summed E-state index contributed by atoms with van der Waals surface area (Å²) in [5.74, 6) is -0.842. The molecule has 1 unspecified atom stereocenters. The van der Waals surface area contributed by atoms with Gasteiger partial charge in [-0.3, -0.25) is 4.79 Å². The van der Waals surface area contributed by atoms with E-state index in [-0.39, 0.29) is 29.9 Å². The first-order chi connectivity index (χ1) is 25.3. The first kappa shape index (κ1) is 30.6. The number of carbonyl (C=O) groups is 2. The fourth-order valence-corrected chi connectivity index (χ4v) is 8.42. The molecule has 0 fully saturated rings. The van der Waals surface area contributed by atoms with Crippen molar-refractivity contribution in [2.24, 2.45) is 0 Å². The highest BCUT2D eigenvalue weighted by Crippen LogP contribution is 2.31. The number of aliphatic hydroxyl groups is 1. The Hall–Kier alpha value is -4.42. The number of ether oxygens (including phenoxy) is 1. The van der Waals surface area contributed by atoms with Crippen molar-refractivity contribution < 1.29 is 33.3 Å². The van der Waals surface area contributed by atoms with Crippen LogP contribution in [0.4, 0.5) is 4.79 Å². The molecule has 49 heavy (non-hydrogen) atoms. The number of benzene rings is 4. The number of amides is 1. The van der Waals surface area contributed by atoms with Gasteiger partial charge in [-0.25, -0.2) is 18.2 Å². The highest BCUT2D eigenvalue weighted by molar-refractivity contribution is 7.89. The molecule has 4 aromatic carbocycles. The van der Waals surface area contributed by atoms with Crippen LogP contribution in [0.25, 0.3) is 10.2 Å². The smallest absolute Gasteiger partial charge is 0.407 e. The summed E-state index contributed by atoms with van der Waals surface area (Å²) in [6.45, 7) is -4.08. The van der Waals surface area contributed by atoms with E-state index >= 15 is 0 Å². The number of alkyl carbamates (subject to hydrolysis) is 1. The van der Waals surface area contributed by atoms with E-state index < -0.39 is 60.5 Å². The van der Waals surface area contributed by atoms with Crippen molar-refractivity contribution in [1.82, 2.24) is 14.6 Å². The summed E-state index contributed by atoms with van der Waals surface area (Å²) >= 11 is 1.25. The largest absolute Gasteiger partial charge is 0.453 e. The number of nitrogens with one attached hydrogen (secondary N) is 1. The second-order valence-corrected chi connectivity index (χ2v) is 14.2. The van der Waals surface area contributed by atoms with Gasteiger partial charge in [-0.05, 0) is 59.7 Å². The molecule has 0 saturated heterocycles. The summed E-state index contributed by atoms with van der Waals surface area (Å²) in [6, 6.07) is 28.2. The normalized spacial score (nSPS) is 15.1. The number of thiazole rings is 1. The van der Waals surface area contributed by atoms with E-state index in [1.807, 2.05) is 60.7 Å². The summed E-state index contributed by atoms with van der Waals surface area (Å²) in [5.41, 5.74) is 5.16. The number of ketones is 1. The maximum atomic E-state index is 14.3. The van der Waals surface area contributed by atoms with Crippen molar-refractivity contribution in [1.29, 1.82) is 0 Å². The maximum absolute atomic E-state index is 14.3. The van der Waals surface area contributed by atoms with Gasteiger partial charge in [0.15, 0.2) is 5.78 Å². The Morgan fingerprint density at radius 1 is 0.980 bits per heavy atom.